The fraction of sp³-hybridized carbons (Fsp3) is 0.600. The first-order valence-electron chi connectivity index (χ1n) is 5.97. The van der Waals surface area contributed by atoms with E-state index in [1.54, 1.807) is 4.90 Å². The van der Waals surface area contributed by atoms with Crippen molar-refractivity contribution >= 4 is 23.9 Å². The predicted molar refractivity (Wildman–Crippen MR) is 74.4 cm³/mol. The fourth-order valence-corrected chi connectivity index (χ4v) is 1.24. The van der Waals surface area contributed by atoms with Crippen molar-refractivity contribution in [3.05, 3.63) is 0 Å². The second-order valence-electron chi connectivity index (χ2n) is 3.93. The summed E-state index contributed by atoms with van der Waals surface area (Å²) < 4.78 is 0. The van der Waals surface area contributed by atoms with E-state index >= 15 is 0 Å². The zero-order chi connectivity index (χ0) is 14.3. The summed E-state index contributed by atoms with van der Waals surface area (Å²) in [5.41, 5.74) is 4.96. The zero-order valence-electron chi connectivity index (χ0n) is 11.4. The van der Waals surface area contributed by atoms with E-state index in [1.165, 1.54) is 0 Å². The first-order valence-corrected chi connectivity index (χ1v) is 5.97. The minimum absolute atomic E-state index is 0.398. The van der Waals surface area contributed by atoms with Gasteiger partial charge in [0.1, 0.15) is 0 Å². The molecule has 0 saturated heterocycles. The molecule has 0 atom stereocenters. The third-order valence-corrected chi connectivity index (χ3v) is 2.07. The molecule has 1 aromatic rings. The van der Waals surface area contributed by atoms with E-state index in [-0.39, 0.29) is 0 Å². The van der Waals surface area contributed by atoms with E-state index in [2.05, 4.69) is 30.9 Å². The van der Waals surface area contributed by atoms with Crippen molar-refractivity contribution in [1.29, 1.82) is 0 Å². The summed E-state index contributed by atoms with van der Waals surface area (Å²) >= 11 is 0. The number of carbonyl (C=O) groups is 1. The molecule has 0 bridgehead atoms. The van der Waals surface area contributed by atoms with Crippen LogP contribution in [0.2, 0.25) is 0 Å². The smallest absolute Gasteiger partial charge is 0.312 e. The van der Waals surface area contributed by atoms with Crippen molar-refractivity contribution in [2.24, 2.45) is 5.73 Å². The third kappa shape index (κ3) is 5.23. The molecule has 0 saturated carbocycles. The molecule has 5 N–H and O–H groups in total. The van der Waals surface area contributed by atoms with Crippen LogP contribution in [0, 0.1) is 0 Å². The van der Waals surface area contributed by atoms with E-state index < -0.39 is 6.03 Å². The highest BCUT2D eigenvalue weighted by Gasteiger charge is 2.07. The molecule has 0 aliphatic rings. The highest BCUT2D eigenvalue weighted by Crippen LogP contribution is 2.10. The third-order valence-electron chi connectivity index (χ3n) is 2.07. The molecule has 0 spiro atoms. The van der Waals surface area contributed by atoms with Gasteiger partial charge in [0.05, 0.1) is 0 Å². The molecule has 0 unspecified atom stereocenters. The fourth-order valence-electron chi connectivity index (χ4n) is 1.24. The van der Waals surface area contributed by atoms with Gasteiger partial charge in [-0.05, 0) is 6.92 Å². The van der Waals surface area contributed by atoms with Crippen molar-refractivity contribution in [3.63, 3.8) is 0 Å². The van der Waals surface area contributed by atoms with E-state index in [9.17, 15) is 4.79 Å². The second-order valence-corrected chi connectivity index (χ2v) is 3.93. The SMILES string of the molecule is CCNc1nc(NCCNC(N)=O)nc(N(C)C)n1. The Hall–Kier alpha value is -2.32. The predicted octanol–water partition coefficient (Wildman–Crippen LogP) is -0.550. The number of primary amides is 1. The summed E-state index contributed by atoms with van der Waals surface area (Å²) in [6.45, 7) is 3.56. The number of urea groups is 1. The van der Waals surface area contributed by atoms with Crippen molar-refractivity contribution in [3.8, 4) is 0 Å². The number of aromatic nitrogens is 3. The molecule has 2 amide bonds. The Balaban J connectivity index is 2.67. The van der Waals surface area contributed by atoms with Gasteiger partial charge in [-0.3, -0.25) is 0 Å². The summed E-state index contributed by atoms with van der Waals surface area (Å²) in [7, 11) is 3.70. The molecule has 0 radical (unpaired) electrons. The number of amides is 2. The number of hydrogen-bond donors (Lipinski definition) is 4. The average molecular weight is 268 g/mol. The second kappa shape index (κ2) is 7.19. The van der Waals surface area contributed by atoms with Crippen molar-refractivity contribution < 1.29 is 4.79 Å². The lowest BCUT2D eigenvalue weighted by Gasteiger charge is -2.13. The Bertz CT molecular complexity index is 422. The van der Waals surface area contributed by atoms with Gasteiger partial charge in [0.15, 0.2) is 0 Å². The Morgan fingerprint density at radius 1 is 1.16 bits per heavy atom. The number of hydrogen-bond acceptors (Lipinski definition) is 7. The number of carbonyl (C=O) groups excluding carboxylic acids is 1. The Morgan fingerprint density at radius 2 is 1.79 bits per heavy atom. The van der Waals surface area contributed by atoms with Gasteiger partial charge in [-0.15, -0.1) is 0 Å². The number of rotatable bonds is 7. The lowest BCUT2D eigenvalue weighted by atomic mass is 10.6. The van der Waals surface area contributed by atoms with Crippen LogP contribution in [0.4, 0.5) is 22.6 Å². The highest BCUT2D eigenvalue weighted by molar-refractivity contribution is 5.71. The quantitative estimate of drug-likeness (QED) is 0.489. The van der Waals surface area contributed by atoms with Crippen LogP contribution in [0.3, 0.4) is 0 Å². The monoisotopic (exact) mass is 268 g/mol. The summed E-state index contributed by atoms with van der Waals surface area (Å²) in [4.78, 5) is 25.0. The first-order chi connectivity index (χ1) is 9.02. The number of nitrogens with one attached hydrogen (secondary N) is 3. The molecule has 19 heavy (non-hydrogen) atoms. The van der Waals surface area contributed by atoms with Gasteiger partial charge in [-0.25, -0.2) is 4.79 Å². The topological polar surface area (TPSA) is 121 Å². The first kappa shape index (κ1) is 14.7. The van der Waals surface area contributed by atoms with Gasteiger partial charge in [-0.1, -0.05) is 0 Å². The van der Waals surface area contributed by atoms with E-state index in [0.29, 0.717) is 30.9 Å². The van der Waals surface area contributed by atoms with Crippen molar-refractivity contribution in [1.82, 2.24) is 20.3 Å². The summed E-state index contributed by atoms with van der Waals surface area (Å²) in [5, 5.41) is 8.50. The maximum atomic E-state index is 10.5. The van der Waals surface area contributed by atoms with Gasteiger partial charge in [0.2, 0.25) is 17.8 Å². The molecule has 1 rings (SSSR count). The van der Waals surface area contributed by atoms with Crippen LogP contribution >= 0.6 is 0 Å². The summed E-state index contributed by atoms with van der Waals surface area (Å²) in [6, 6.07) is -0.556. The van der Waals surface area contributed by atoms with Crippen LogP contribution in [-0.2, 0) is 0 Å². The zero-order valence-corrected chi connectivity index (χ0v) is 11.4. The maximum absolute atomic E-state index is 10.5. The van der Waals surface area contributed by atoms with Crippen LogP contribution in [0.15, 0.2) is 0 Å². The van der Waals surface area contributed by atoms with Gasteiger partial charge < -0.3 is 26.6 Å². The van der Waals surface area contributed by atoms with E-state index in [4.69, 9.17) is 5.73 Å². The highest BCUT2D eigenvalue weighted by atomic mass is 16.2. The van der Waals surface area contributed by atoms with Gasteiger partial charge in [0, 0.05) is 33.7 Å². The molecule has 106 valence electrons. The molecule has 9 heteroatoms. The van der Waals surface area contributed by atoms with Crippen LogP contribution in [0.5, 0.6) is 0 Å². The molecule has 9 nitrogen and oxygen atoms in total. The Labute approximate surface area is 112 Å². The molecule has 0 aromatic carbocycles. The molecule has 1 heterocycles. The lowest BCUT2D eigenvalue weighted by Crippen LogP contribution is -2.33. The van der Waals surface area contributed by atoms with Crippen molar-refractivity contribution in [2.45, 2.75) is 6.92 Å². The minimum atomic E-state index is -0.556. The van der Waals surface area contributed by atoms with Crippen molar-refractivity contribution in [2.75, 3.05) is 49.3 Å². The number of anilines is 3. The average Bonchev–Trinajstić information content (AvgIpc) is 2.34. The Kier molecular flexibility index (Phi) is 5.58. The lowest BCUT2D eigenvalue weighted by molar-refractivity contribution is 0.249. The molecule has 0 aliphatic heterocycles. The van der Waals surface area contributed by atoms with Gasteiger partial charge >= 0.3 is 6.03 Å². The molecule has 1 aromatic heterocycles. The molecular weight excluding hydrogens is 248 g/mol. The van der Waals surface area contributed by atoms with Crippen LogP contribution < -0.4 is 26.6 Å². The van der Waals surface area contributed by atoms with Crippen LogP contribution in [-0.4, -0.2) is 54.7 Å². The number of nitrogens with zero attached hydrogens (tertiary/aromatic N) is 4. The minimum Gasteiger partial charge on any atom is -0.354 e. The van der Waals surface area contributed by atoms with Gasteiger partial charge in [-0.2, -0.15) is 15.0 Å². The molecule has 0 fully saturated rings. The summed E-state index contributed by atoms with van der Waals surface area (Å²) in [5.74, 6) is 1.50. The molecule has 0 aliphatic carbocycles. The number of nitrogens with two attached hydrogens (primary N) is 1. The molecular formula is C10H20N8O. The maximum Gasteiger partial charge on any atom is 0.312 e. The Morgan fingerprint density at radius 3 is 2.32 bits per heavy atom. The standard InChI is InChI=1S/C10H20N8O/c1-4-12-8-15-9(14-6-5-13-7(11)19)17-10(16-8)18(2)3/h4-6H2,1-3H3,(H3,11,13,19)(H2,12,14,15,16,17). The summed E-state index contributed by atoms with van der Waals surface area (Å²) in [6.07, 6.45) is 0. The van der Waals surface area contributed by atoms with Crippen LogP contribution in [0.1, 0.15) is 6.92 Å². The van der Waals surface area contributed by atoms with E-state index in [0.717, 1.165) is 6.54 Å². The van der Waals surface area contributed by atoms with E-state index in [1.807, 2.05) is 21.0 Å². The normalized spacial score (nSPS) is 9.84. The van der Waals surface area contributed by atoms with Crippen LogP contribution in [0.25, 0.3) is 0 Å². The largest absolute Gasteiger partial charge is 0.354 e. The van der Waals surface area contributed by atoms with Gasteiger partial charge in [0.25, 0.3) is 0 Å².